The maximum atomic E-state index is 13.4. The molecule has 4 nitrogen and oxygen atoms in total. The van der Waals surface area contributed by atoms with Crippen LogP contribution in [-0.4, -0.2) is 21.0 Å². The summed E-state index contributed by atoms with van der Waals surface area (Å²) in [5, 5.41) is 2.52. The molecule has 1 aliphatic carbocycles. The van der Waals surface area contributed by atoms with Gasteiger partial charge in [-0.25, -0.2) is 0 Å². The quantitative estimate of drug-likeness (QED) is 0.496. The molecule has 0 unspecified atom stereocenters. The normalized spacial score (nSPS) is 16.0. The summed E-state index contributed by atoms with van der Waals surface area (Å²) in [5.41, 5.74) is 8.83. The molecule has 0 radical (unpaired) electrons. The number of H-pyrrole nitrogens is 1. The molecule has 2 aliphatic rings. The predicted octanol–water partition coefficient (Wildman–Crippen LogP) is 4.72. The molecular weight excluding hydrogens is 382 g/mol. The molecule has 156 valence electrons. The average molecular weight is 410 g/mol. The Balaban J connectivity index is 1.38. The Bertz CT molecular complexity index is 1390. The number of aromatic nitrogens is 2. The molecular formula is C27H27N3O. The Morgan fingerprint density at radius 3 is 2.77 bits per heavy atom. The van der Waals surface area contributed by atoms with Gasteiger partial charge in [0.1, 0.15) is 0 Å². The zero-order valence-electron chi connectivity index (χ0n) is 17.8. The van der Waals surface area contributed by atoms with Gasteiger partial charge in [0.2, 0.25) is 0 Å². The van der Waals surface area contributed by atoms with E-state index in [9.17, 15) is 4.79 Å². The third-order valence-corrected chi connectivity index (χ3v) is 7.05. The molecule has 1 N–H and O–H groups in total. The summed E-state index contributed by atoms with van der Waals surface area (Å²) < 4.78 is 1.91. The SMILES string of the molecule is C=CCn1c(=O)c(CN2CCc3c([nH]c4ccccc34)C2)cc2cc3c(cc21)CCC3. The first kappa shape index (κ1) is 18.6. The van der Waals surface area contributed by atoms with Gasteiger partial charge in [-0.2, -0.15) is 0 Å². The molecule has 0 saturated heterocycles. The van der Waals surface area contributed by atoms with Gasteiger partial charge in [-0.1, -0.05) is 24.3 Å². The van der Waals surface area contributed by atoms with Crippen molar-refractivity contribution in [2.75, 3.05) is 6.54 Å². The first-order chi connectivity index (χ1) is 15.2. The molecule has 0 saturated carbocycles. The van der Waals surface area contributed by atoms with Crippen molar-refractivity contribution < 1.29 is 0 Å². The van der Waals surface area contributed by atoms with Crippen LogP contribution >= 0.6 is 0 Å². The lowest BCUT2D eigenvalue weighted by atomic mass is 10.0. The summed E-state index contributed by atoms with van der Waals surface area (Å²) in [4.78, 5) is 19.4. The van der Waals surface area contributed by atoms with Crippen LogP contribution in [-0.2, 0) is 38.9 Å². The van der Waals surface area contributed by atoms with E-state index in [1.807, 2.05) is 10.6 Å². The molecule has 4 heteroatoms. The number of allylic oxidation sites excluding steroid dienone is 1. The number of aryl methyl sites for hydroxylation is 2. The highest BCUT2D eigenvalue weighted by molar-refractivity contribution is 5.85. The Kier molecular flexibility index (Phi) is 4.35. The number of pyridine rings is 1. The second-order valence-corrected chi connectivity index (χ2v) is 9.00. The summed E-state index contributed by atoms with van der Waals surface area (Å²) in [6, 6.07) is 15.2. The summed E-state index contributed by atoms with van der Waals surface area (Å²) in [6.07, 6.45) is 6.33. The van der Waals surface area contributed by atoms with E-state index in [-0.39, 0.29) is 5.56 Å². The van der Waals surface area contributed by atoms with Crippen LogP contribution in [0.25, 0.3) is 21.8 Å². The molecule has 2 aromatic carbocycles. The van der Waals surface area contributed by atoms with E-state index < -0.39 is 0 Å². The van der Waals surface area contributed by atoms with Gasteiger partial charge in [-0.3, -0.25) is 9.69 Å². The Labute approximate surface area is 181 Å². The van der Waals surface area contributed by atoms with Gasteiger partial charge >= 0.3 is 0 Å². The lowest BCUT2D eigenvalue weighted by molar-refractivity contribution is 0.242. The van der Waals surface area contributed by atoms with Crippen LogP contribution < -0.4 is 5.56 Å². The fourth-order valence-electron chi connectivity index (χ4n) is 5.56. The molecule has 3 heterocycles. The lowest BCUT2D eigenvalue weighted by Gasteiger charge is -2.27. The third kappa shape index (κ3) is 3.05. The molecule has 0 atom stereocenters. The summed E-state index contributed by atoms with van der Waals surface area (Å²) >= 11 is 0. The van der Waals surface area contributed by atoms with Crippen LogP contribution in [0.3, 0.4) is 0 Å². The predicted molar refractivity (Wildman–Crippen MR) is 127 cm³/mol. The van der Waals surface area contributed by atoms with Crippen LogP contribution in [0.15, 0.2) is 59.9 Å². The molecule has 4 aromatic rings. The van der Waals surface area contributed by atoms with E-state index in [2.05, 4.69) is 58.9 Å². The number of nitrogens with one attached hydrogen (secondary N) is 1. The molecule has 1 aliphatic heterocycles. The molecule has 31 heavy (non-hydrogen) atoms. The Morgan fingerprint density at radius 1 is 1.06 bits per heavy atom. The molecule has 0 bridgehead atoms. The van der Waals surface area contributed by atoms with Crippen LogP contribution in [0.1, 0.15) is 34.4 Å². The number of para-hydroxylation sites is 1. The van der Waals surface area contributed by atoms with Gasteiger partial charge in [0.05, 0.1) is 5.52 Å². The second kappa shape index (κ2) is 7.24. The molecule has 0 fully saturated rings. The van der Waals surface area contributed by atoms with Crippen molar-refractivity contribution in [2.24, 2.45) is 0 Å². The van der Waals surface area contributed by atoms with Crippen molar-refractivity contribution in [1.82, 2.24) is 14.5 Å². The van der Waals surface area contributed by atoms with Crippen molar-refractivity contribution in [1.29, 1.82) is 0 Å². The zero-order valence-corrected chi connectivity index (χ0v) is 17.8. The van der Waals surface area contributed by atoms with E-state index in [0.717, 1.165) is 43.4 Å². The summed E-state index contributed by atoms with van der Waals surface area (Å²) in [6.45, 7) is 6.95. The van der Waals surface area contributed by atoms with E-state index in [1.54, 1.807) is 0 Å². The zero-order chi connectivity index (χ0) is 20.9. The highest BCUT2D eigenvalue weighted by Gasteiger charge is 2.22. The van der Waals surface area contributed by atoms with Crippen LogP contribution in [0.5, 0.6) is 0 Å². The summed E-state index contributed by atoms with van der Waals surface area (Å²) in [5.74, 6) is 0. The molecule has 2 aromatic heterocycles. The van der Waals surface area contributed by atoms with E-state index >= 15 is 0 Å². The van der Waals surface area contributed by atoms with Crippen LogP contribution in [0, 0.1) is 0 Å². The van der Waals surface area contributed by atoms with Crippen molar-refractivity contribution in [3.63, 3.8) is 0 Å². The van der Waals surface area contributed by atoms with Crippen LogP contribution in [0.4, 0.5) is 0 Å². The van der Waals surface area contributed by atoms with Gasteiger partial charge in [0, 0.05) is 48.3 Å². The first-order valence-electron chi connectivity index (χ1n) is 11.3. The maximum absolute atomic E-state index is 13.4. The minimum absolute atomic E-state index is 0.118. The lowest BCUT2D eigenvalue weighted by Crippen LogP contribution is -2.33. The van der Waals surface area contributed by atoms with Gasteiger partial charge in [-0.05, 0) is 72.0 Å². The minimum Gasteiger partial charge on any atom is -0.357 e. The monoisotopic (exact) mass is 409 g/mol. The smallest absolute Gasteiger partial charge is 0.255 e. The van der Waals surface area contributed by atoms with Gasteiger partial charge in [0.25, 0.3) is 5.56 Å². The van der Waals surface area contributed by atoms with Crippen molar-refractivity contribution in [3.05, 3.63) is 93.4 Å². The van der Waals surface area contributed by atoms with Crippen molar-refractivity contribution in [2.45, 2.75) is 45.3 Å². The number of rotatable bonds is 4. The first-order valence-corrected chi connectivity index (χ1v) is 11.3. The standard InChI is InChI=1S/C27H27N3O/c1-2-11-30-26-15-19-7-5-6-18(19)13-20(26)14-21(27(30)31)16-29-12-10-23-22-8-3-4-9-24(22)28-25(23)17-29/h2-4,8-9,13-15,28H,1,5-7,10-12,16-17H2. The maximum Gasteiger partial charge on any atom is 0.255 e. The van der Waals surface area contributed by atoms with E-state index in [1.165, 1.54) is 45.1 Å². The van der Waals surface area contributed by atoms with Crippen molar-refractivity contribution in [3.8, 4) is 0 Å². The van der Waals surface area contributed by atoms with E-state index in [4.69, 9.17) is 0 Å². The molecule has 0 spiro atoms. The highest BCUT2D eigenvalue weighted by atomic mass is 16.1. The summed E-state index contributed by atoms with van der Waals surface area (Å²) in [7, 11) is 0. The Hall–Kier alpha value is -3.11. The number of hydrogen-bond donors (Lipinski definition) is 1. The number of aromatic amines is 1. The average Bonchev–Trinajstić information content (AvgIpc) is 3.38. The third-order valence-electron chi connectivity index (χ3n) is 7.05. The molecule has 0 amide bonds. The second-order valence-electron chi connectivity index (χ2n) is 9.00. The number of nitrogens with zero attached hydrogens (tertiary/aromatic N) is 2. The number of fused-ring (bicyclic) bond motifs is 5. The van der Waals surface area contributed by atoms with Gasteiger partial charge in [0.15, 0.2) is 0 Å². The highest BCUT2D eigenvalue weighted by Crippen LogP contribution is 2.29. The molecule has 6 rings (SSSR count). The fourth-order valence-corrected chi connectivity index (χ4v) is 5.56. The number of hydrogen-bond acceptors (Lipinski definition) is 2. The van der Waals surface area contributed by atoms with Crippen LogP contribution in [0.2, 0.25) is 0 Å². The largest absolute Gasteiger partial charge is 0.357 e. The Morgan fingerprint density at radius 2 is 1.90 bits per heavy atom. The fraction of sp³-hybridized carbons (Fsp3) is 0.296. The topological polar surface area (TPSA) is 41.0 Å². The van der Waals surface area contributed by atoms with E-state index in [0.29, 0.717) is 13.1 Å². The van der Waals surface area contributed by atoms with Crippen molar-refractivity contribution >= 4 is 21.8 Å². The minimum atomic E-state index is 0.118. The van der Waals surface area contributed by atoms with Gasteiger partial charge < -0.3 is 9.55 Å². The van der Waals surface area contributed by atoms with Gasteiger partial charge in [-0.15, -0.1) is 6.58 Å². The number of benzene rings is 2.